The van der Waals surface area contributed by atoms with E-state index in [1.807, 2.05) is 48.5 Å². The number of carbonyl (C=O) groups excluding carboxylic acids is 2. The van der Waals surface area contributed by atoms with Crippen LogP contribution in [-0.2, 0) is 14.3 Å². The van der Waals surface area contributed by atoms with Gasteiger partial charge in [0.15, 0.2) is 0 Å². The van der Waals surface area contributed by atoms with Crippen LogP contribution in [-0.4, -0.2) is 36.5 Å². The quantitative estimate of drug-likeness (QED) is 0.232. The lowest BCUT2D eigenvalue weighted by Gasteiger charge is -2.36. The van der Waals surface area contributed by atoms with Crippen molar-refractivity contribution < 1.29 is 19.1 Å². The molecule has 8 heteroatoms. The van der Waals surface area contributed by atoms with E-state index in [2.05, 4.69) is 26.1 Å². The molecule has 2 aliphatic rings. The minimum Gasteiger partial charge on any atom is -0.491 e. The number of nitrogens with two attached hydrogens (primary N) is 1. The number of amides is 1. The van der Waals surface area contributed by atoms with Crippen molar-refractivity contribution in [2.45, 2.75) is 71.4 Å². The normalized spacial score (nSPS) is 23.2. The van der Waals surface area contributed by atoms with Crippen LogP contribution in [0, 0.1) is 22.7 Å². The van der Waals surface area contributed by atoms with Gasteiger partial charge in [-0.25, -0.2) is 0 Å². The Morgan fingerprint density at radius 3 is 2.13 bits per heavy atom. The zero-order chi connectivity index (χ0) is 26.6. The summed E-state index contributed by atoms with van der Waals surface area (Å²) in [6, 6.07) is 15.1. The second-order valence-electron chi connectivity index (χ2n) is 11.5. The SMILES string of the molecule is CC(C)(C)C1CCC(OC(=O)C[C@@H]2C[C@@H](COc3ccc(-c4ccc(C(=N)N)cc4)cc3)NC2=O)CC1.Cl. The Balaban J connectivity index is 0.00000400. The number of hydrogen-bond acceptors (Lipinski definition) is 5. The fraction of sp³-hybridized carbons (Fsp3) is 0.500. The fourth-order valence-corrected chi connectivity index (χ4v) is 5.38. The number of rotatable bonds is 8. The molecule has 1 amide bonds. The molecule has 2 fully saturated rings. The Labute approximate surface area is 231 Å². The molecule has 4 rings (SSSR count). The van der Waals surface area contributed by atoms with Crippen LogP contribution in [0.15, 0.2) is 48.5 Å². The highest BCUT2D eigenvalue weighted by molar-refractivity contribution is 5.95. The monoisotopic (exact) mass is 541 g/mol. The molecule has 1 aliphatic heterocycles. The molecule has 0 aromatic heterocycles. The molecule has 1 saturated heterocycles. The number of hydrogen-bond donors (Lipinski definition) is 3. The van der Waals surface area contributed by atoms with E-state index in [-0.39, 0.29) is 54.6 Å². The molecule has 7 nitrogen and oxygen atoms in total. The van der Waals surface area contributed by atoms with Crippen molar-refractivity contribution >= 4 is 30.1 Å². The van der Waals surface area contributed by atoms with E-state index < -0.39 is 0 Å². The molecule has 2 atom stereocenters. The average Bonchev–Trinajstić information content (AvgIpc) is 3.21. The third kappa shape index (κ3) is 7.73. The van der Waals surface area contributed by atoms with E-state index >= 15 is 0 Å². The predicted molar refractivity (Wildman–Crippen MR) is 152 cm³/mol. The summed E-state index contributed by atoms with van der Waals surface area (Å²) in [4.78, 5) is 25.0. The van der Waals surface area contributed by atoms with E-state index in [0.717, 1.165) is 36.8 Å². The van der Waals surface area contributed by atoms with E-state index in [1.165, 1.54) is 0 Å². The van der Waals surface area contributed by atoms with Gasteiger partial charge in [-0.15, -0.1) is 12.4 Å². The van der Waals surface area contributed by atoms with Gasteiger partial charge >= 0.3 is 5.97 Å². The first-order valence-electron chi connectivity index (χ1n) is 13.3. The van der Waals surface area contributed by atoms with Crippen LogP contribution in [0.1, 0.15) is 64.9 Å². The third-order valence-corrected chi connectivity index (χ3v) is 7.73. The Kier molecular flexibility index (Phi) is 9.82. The average molecular weight is 542 g/mol. The van der Waals surface area contributed by atoms with Crippen molar-refractivity contribution in [2.75, 3.05) is 6.61 Å². The summed E-state index contributed by atoms with van der Waals surface area (Å²) in [7, 11) is 0. The number of carbonyl (C=O) groups is 2. The number of ether oxygens (including phenoxy) is 2. The van der Waals surface area contributed by atoms with Gasteiger partial charge < -0.3 is 20.5 Å². The highest BCUT2D eigenvalue weighted by Gasteiger charge is 2.36. The van der Waals surface area contributed by atoms with Crippen LogP contribution < -0.4 is 15.8 Å². The topological polar surface area (TPSA) is 114 Å². The van der Waals surface area contributed by atoms with Gasteiger partial charge in [-0.05, 0) is 66.7 Å². The zero-order valence-electron chi connectivity index (χ0n) is 22.5. The van der Waals surface area contributed by atoms with E-state index in [4.69, 9.17) is 20.6 Å². The molecule has 0 spiro atoms. The van der Waals surface area contributed by atoms with Crippen molar-refractivity contribution in [3.05, 3.63) is 54.1 Å². The van der Waals surface area contributed by atoms with Crippen LogP contribution in [0.2, 0.25) is 0 Å². The molecule has 1 heterocycles. The largest absolute Gasteiger partial charge is 0.491 e. The Morgan fingerprint density at radius 2 is 1.58 bits per heavy atom. The number of halogens is 1. The molecule has 0 radical (unpaired) electrons. The second-order valence-corrected chi connectivity index (χ2v) is 11.5. The van der Waals surface area contributed by atoms with Gasteiger partial charge in [-0.3, -0.25) is 15.0 Å². The van der Waals surface area contributed by atoms with Crippen molar-refractivity contribution in [1.29, 1.82) is 5.41 Å². The summed E-state index contributed by atoms with van der Waals surface area (Å²) in [5, 5.41) is 10.5. The van der Waals surface area contributed by atoms with Gasteiger partial charge in [0.1, 0.15) is 24.3 Å². The number of amidine groups is 1. The summed E-state index contributed by atoms with van der Waals surface area (Å²) in [6.07, 6.45) is 4.64. The fourth-order valence-electron chi connectivity index (χ4n) is 5.38. The lowest BCUT2D eigenvalue weighted by molar-refractivity contribution is -0.153. The zero-order valence-corrected chi connectivity index (χ0v) is 23.3. The molecule has 2 aromatic rings. The van der Waals surface area contributed by atoms with Crippen LogP contribution in [0.5, 0.6) is 5.75 Å². The maximum Gasteiger partial charge on any atom is 0.306 e. The number of nitrogens with one attached hydrogen (secondary N) is 2. The first-order chi connectivity index (χ1) is 17.6. The standard InChI is InChI=1S/C30H39N3O4.ClH/c1-30(2,3)23-10-14-26(15-11-23)37-27(34)17-22-16-24(33-29(22)35)18-36-25-12-8-20(9-13-25)19-4-6-21(7-5-19)28(31)32;/h4-9,12-13,22-24,26H,10-11,14-18H2,1-3H3,(H3,31,32)(H,33,35);1H/t22-,23?,24-,26?;/m0./s1. The maximum absolute atomic E-state index is 12.5. The maximum atomic E-state index is 12.5. The van der Waals surface area contributed by atoms with Gasteiger partial charge in [0.25, 0.3) is 0 Å². The molecule has 206 valence electrons. The van der Waals surface area contributed by atoms with Gasteiger partial charge in [0.05, 0.1) is 18.4 Å². The van der Waals surface area contributed by atoms with Gasteiger partial charge in [0.2, 0.25) is 5.91 Å². The lowest BCUT2D eigenvalue weighted by atomic mass is 9.72. The van der Waals surface area contributed by atoms with Gasteiger partial charge in [-0.1, -0.05) is 57.2 Å². The van der Waals surface area contributed by atoms with Crippen LogP contribution in [0.4, 0.5) is 0 Å². The van der Waals surface area contributed by atoms with E-state index in [9.17, 15) is 9.59 Å². The number of esters is 1. The third-order valence-electron chi connectivity index (χ3n) is 7.73. The summed E-state index contributed by atoms with van der Waals surface area (Å²) in [5.74, 6) is 0.685. The second kappa shape index (κ2) is 12.7. The first-order valence-corrected chi connectivity index (χ1v) is 13.3. The molecule has 4 N–H and O–H groups in total. The molecular weight excluding hydrogens is 502 g/mol. The number of nitrogen functional groups attached to an aromatic ring is 1. The Morgan fingerprint density at radius 1 is 1.00 bits per heavy atom. The highest BCUT2D eigenvalue weighted by Crippen LogP contribution is 2.38. The summed E-state index contributed by atoms with van der Waals surface area (Å²) in [5.41, 5.74) is 8.56. The van der Waals surface area contributed by atoms with Crippen LogP contribution >= 0.6 is 12.4 Å². The first kappa shape index (κ1) is 29.5. The molecule has 1 aliphatic carbocycles. The van der Waals surface area contributed by atoms with Crippen LogP contribution in [0.25, 0.3) is 11.1 Å². The summed E-state index contributed by atoms with van der Waals surface area (Å²) in [6.45, 7) is 7.17. The van der Waals surface area contributed by atoms with Gasteiger partial charge in [-0.2, -0.15) is 0 Å². The molecule has 0 unspecified atom stereocenters. The van der Waals surface area contributed by atoms with Crippen LogP contribution in [0.3, 0.4) is 0 Å². The van der Waals surface area contributed by atoms with Crippen molar-refractivity contribution in [2.24, 2.45) is 23.0 Å². The minimum atomic E-state index is -0.368. The van der Waals surface area contributed by atoms with E-state index in [0.29, 0.717) is 35.7 Å². The summed E-state index contributed by atoms with van der Waals surface area (Å²) < 4.78 is 11.6. The van der Waals surface area contributed by atoms with E-state index in [1.54, 1.807) is 0 Å². The highest BCUT2D eigenvalue weighted by atomic mass is 35.5. The molecule has 0 bridgehead atoms. The van der Waals surface area contributed by atoms with Crippen molar-refractivity contribution in [3.8, 4) is 16.9 Å². The lowest BCUT2D eigenvalue weighted by Crippen LogP contribution is -2.32. The predicted octanol–water partition coefficient (Wildman–Crippen LogP) is 5.48. The Hall–Kier alpha value is -3.06. The number of benzene rings is 2. The molecule has 2 aromatic carbocycles. The van der Waals surface area contributed by atoms with Gasteiger partial charge in [0, 0.05) is 5.56 Å². The molecule has 1 saturated carbocycles. The smallest absolute Gasteiger partial charge is 0.306 e. The van der Waals surface area contributed by atoms with Crippen molar-refractivity contribution in [1.82, 2.24) is 5.32 Å². The van der Waals surface area contributed by atoms with Crippen molar-refractivity contribution in [3.63, 3.8) is 0 Å². The molecular formula is C30H40ClN3O4. The summed E-state index contributed by atoms with van der Waals surface area (Å²) >= 11 is 0. The minimum absolute atomic E-state index is 0. The molecule has 38 heavy (non-hydrogen) atoms. The Bertz CT molecular complexity index is 1100.